The maximum absolute atomic E-state index is 15.2. The van der Waals surface area contributed by atoms with Gasteiger partial charge in [0.15, 0.2) is 5.82 Å². The van der Waals surface area contributed by atoms with Crippen molar-refractivity contribution in [3.63, 3.8) is 0 Å². The molecule has 1 aliphatic heterocycles. The number of carbonyl (C=O) groups excluding carboxylic acids is 1. The number of nitrogens with zero attached hydrogens (tertiary/aromatic N) is 2. The van der Waals surface area contributed by atoms with Crippen LogP contribution in [0.1, 0.15) is 25.3 Å². The Hall–Kier alpha value is -3.62. The second-order valence-electron chi connectivity index (χ2n) is 8.32. The summed E-state index contributed by atoms with van der Waals surface area (Å²) in [6.07, 6.45) is 4.34. The summed E-state index contributed by atoms with van der Waals surface area (Å²) in [6.45, 7) is 5.11. The summed E-state index contributed by atoms with van der Waals surface area (Å²) in [5.74, 6) is 0.632. The third-order valence-corrected chi connectivity index (χ3v) is 6.27. The molecule has 2 atom stereocenters. The Labute approximate surface area is 184 Å². The Morgan fingerprint density at radius 3 is 2.88 bits per heavy atom. The van der Waals surface area contributed by atoms with Gasteiger partial charge in [-0.05, 0) is 48.8 Å². The van der Waals surface area contributed by atoms with E-state index in [0.29, 0.717) is 52.7 Å². The minimum atomic E-state index is -0.551. The molecule has 32 heavy (non-hydrogen) atoms. The van der Waals surface area contributed by atoms with E-state index >= 15 is 4.39 Å². The molecule has 2 aliphatic rings. The highest BCUT2D eigenvalue weighted by molar-refractivity contribution is 5.99. The fraction of sp³-hybridized carbons (Fsp3) is 0.348. The maximum Gasteiger partial charge on any atom is 0.413 e. The molecular weight excluding hydrogens is 413 g/mol. The number of fused-ring (bicyclic) bond motifs is 2. The van der Waals surface area contributed by atoms with E-state index < -0.39 is 11.9 Å². The van der Waals surface area contributed by atoms with Gasteiger partial charge in [0.1, 0.15) is 24.2 Å². The standard InChI is InChI=1S/C23H24FN5O3/c1-11-3-4-17(11)32-23(30)29-18-8-13-7-14(19(24)20(25)16(13)10-27-18)15-9-28-22-21(12(15)2)26-5-6-31-22/h7-11,17,26H,3-6,25H2,1-2H3,(H,27,29,30)/t11-,17-/m0/s1. The van der Waals surface area contributed by atoms with E-state index in [4.69, 9.17) is 15.2 Å². The van der Waals surface area contributed by atoms with Gasteiger partial charge in [-0.3, -0.25) is 5.32 Å². The summed E-state index contributed by atoms with van der Waals surface area (Å²) in [6, 6.07) is 3.34. The van der Waals surface area contributed by atoms with Crippen LogP contribution < -0.4 is 21.1 Å². The molecule has 0 saturated heterocycles. The van der Waals surface area contributed by atoms with Crippen molar-refractivity contribution in [2.24, 2.45) is 5.92 Å². The number of nitrogens with one attached hydrogen (secondary N) is 2. The highest BCUT2D eigenvalue weighted by atomic mass is 19.1. The van der Waals surface area contributed by atoms with Crippen LogP contribution in [0.4, 0.5) is 26.4 Å². The van der Waals surface area contributed by atoms with Gasteiger partial charge in [0.05, 0.1) is 5.69 Å². The fourth-order valence-corrected chi connectivity index (χ4v) is 4.14. The quantitative estimate of drug-likeness (QED) is 0.518. The molecule has 1 aliphatic carbocycles. The number of pyridine rings is 2. The van der Waals surface area contributed by atoms with Crippen molar-refractivity contribution in [2.75, 3.05) is 29.5 Å². The van der Waals surface area contributed by atoms with Crippen LogP contribution in [0, 0.1) is 18.7 Å². The highest BCUT2D eigenvalue weighted by Gasteiger charge is 2.30. The SMILES string of the molecule is Cc1c(-c2cc3cc(NC(=O)O[C@H]4CC[C@@H]4C)ncc3c(N)c2F)cnc2c1NCCO2. The molecule has 1 aromatic carbocycles. The minimum Gasteiger partial charge on any atom is -0.474 e. The number of nitrogens with two attached hydrogens (primary N) is 1. The van der Waals surface area contributed by atoms with Gasteiger partial charge in [-0.2, -0.15) is 0 Å². The van der Waals surface area contributed by atoms with Gasteiger partial charge >= 0.3 is 6.09 Å². The molecule has 1 fully saturated rings. The van der Waals surface area contributed by atoms with Gasteiger partial charge in [0, 0.05) is 35.5 Å². The zero-order chi connectivity index (χ0) is 22.4. The number of rotatable bonds is 3. The number of amides is 1. The Kier molecular flexibility index (Phi) is 4.96. The molecule has 4 N–H and O–H groups in total. The fourth-order valence-electron chi connectivity index (χ4n) is 4.14. The van der Waals surface area contributed by atoms with Crippen LogP contribution in [0.15, 0.2) is 24.5 Å². The summed E-state index contributed by atoms with van der Waals surface area (Å²) < 4.78 is 26.2. The molecule has 8 nitrogen and oxygen atoms in total. The summed E-state index contributed by atoms with van der Waals surface area (Å²) in [4.78, 5) is 20.7. The number of hydrogen-bond donors (Lipinski definition) is 3. The van der Waals surface area contributed by atoms with Gasteiger partial charge in [-0.1, -0.05) is 6.92 Å². The predicted molar refractivity (Wildman–Crippen MR) is 120 cm³/mol. The van der Waals surface area contributed by atoms with Gasteiger partial charge in [0.25, 0.3) is 0 Å². The van der Waals surface area contributed by atoms with Gasteiger partial charge in [0.2, 0.25) is 5.88 Å². The number of carbonyl (C=O) groups is 1. The topological polar surface area (TPSA) is 111 Å². The zero-order valence-electron chi connectivity index (χ0n) is 17.9. The molecule has 1 saturated carbocycles. The van der Waals surface area contributed by atoms with E-state index in [1.54, 1.807) is 18.3 Å². The first kappa shape index (κ1) is 20.3. The molecule has 5 rings (SSSR count). The molecule has 0 radical (unpaired) electrons. The van der Waals surface area contributed by atoms with E-state index in [0.717, 1.165) is 24.1 Å². The van der Waals surface area contributed by atoms with Crippen molar-refractivity contribution in [1.82, 2.24) is 9.97 Å². The molecule has 3 heterocycles. The number of ether oxygens (including phenoxy) is 2. The lowest BCUT2D eigenvalue weighted by molar-refractivity contribution is 0.0172. The third kappa shape index (κ3) is 3.43. The molecule has 9 heteroatoms. The summed E-state index contributed by atoms with van der Waals surface area (Å²) in [5.41, 5.74) is 8.60. The Morgan fingerprint density at radius 2 is 2.12 bits per heavy atom. The second-order valence-corrected chi connectivity index (χ2v) is 8.32. The van der Waals surface area contributed by atoms with Gasteiger partial charge in [-0.25, -0.2) is 19.2 Å². The molecule has 166 valence electrons. The predicted octanol–water partition coefficient (Wildman–Crippen LogP) is 4.48. The van der Waals surface area contributed by atoms with E-state index in [1.165, 1.54) is 6.20 Å². The van der Waals surface area contributed by atoms with E-state index in [-0.39, 0.29) is 11.8 Å². The molecule has 2 aromatic heterocycles. The van der Waals surface area contributed by atoms with Crippen LogP contribution in [0.5, 0.6) is 5.88 Å². The van der Waals surface area contributed by atoms with Crippen LogP contribution in [-0.2, 0) is 4.74 Å². The lowest BCUT2D eigenvalue weighted by Gasteiger charge is -2.32. The Morgan fingerprint density at radius 1 is 1.28 bits per heavy atom. The van der Waals surface area contributed by atoms with Crippen molar-refractivity contribution < 1.29 is 18.7 Å². The zero-order valence-corrected chi connectivity index (χ0v) is 17.9. The first-order valence-electron chi connectivity index (χ1n) is 10.6. The second kappa shape index (κ2) is 7.81. The average molecular weight is 437 g/mol. The van der Waals surface area contributed by atoms with Crippen LogP contribution in [0.25, 0.3) is 21.9 Å². The molecule has 0 bridgehead atoms. The van der Waals surface area contributed by atoms with Crippen LogP contribution in [0.2, 0.25) is 0 Å². The minimum absolute atomic E-state index is 0.0104. The Bertz CT molecular complexity index is 1230. The van der Waals surface area contributed by atoms with Crippen LogP contribution in [0.3, 0.4) is 0 Å². The summed E-state index contributed by atoms with van der Waals surface area (Å²) >= 11 is 0. The Balaban J connectivity index is 1.50. The first-order valence-corrected chi connectivity index (χ1v) is 10.6. The van der Waals surface area contributed by atoms with Crippen LogP contribution >= 0.6 is 0 Å². The smallest absolute Gasteiger partial charge is 0.413 e. The number of aromatic nitrogens is 2. The average Bonchev–Trinajstić information content (AvgIpc) is 2.79. The summed E-state index contributed by atoms with van der Waals surface area (Å²) in [5, 5.41) is 7.01. The van der Waals surface area contributed by atoms with Gasteiger partial charge < -0.3 is 20.5 Å². The van der Waals surface area contributed by atoms with Crippen molar-refractivity contribution in [2.45, 2.75) is 32.8 Å². The van der Waals surface area contributed by atoms with Crippen molar-refractivity contribution in [3.8, 4) is 17.0 Å². The van der Waals surface area contributed by atoms with E-state index in [1.807, 2.05) is 13.8 Å². The molecule has 3 aromatic rings. The number of anilines is 3. The van der Waals surface area contributed by atoms with Crippen molar-refractivity contribution >= 4 is 34.1 Å². The van der Waals surface area contributed by atoms with Gasteiger partial charge in [-0.15, -0.1) is 0 Å². The lowest BCUT2D eigenvalue weighted by Crippen LogP contribution is -2.35. The number of benzene rings is 1. The molecule has 0 unspecified atom stereocenters. The number of nitrogen functional groups attached to an aromatic ring is 1. The lowest BCUT2D eigenvalue weighted by atomic mass is 9.84. The van der Waals surface area contributed by atoms with Crippen LogP contribution in [-0.4, -0.2) is 35.3 Å². The van der Waals surface area contributed by atoms with E-state index in [2.05, 4.69) is 20.6 Å². The molecule has 0 spiro atoms. The summed E-state index contributed by atoms with van der Waals surface area (Å²) in [7, 11) is 0. The van der Waals surface area contributed by atoms with Crippen molar-refractivity contribution in [3.05, 3.63) is 35.9 Å². The molecular formula is C23H24FN5O3. The largest absolute Gasteiger partial charge is 0.474 e. The maximum atomic E-state index is 15.2. The van der Waals surface area contributed by atoms with E-state index in [9.17, 15) is 4.79 Å². The highest BCUT2D eigenvalue weighted by Crippen LogP contribution is 2.39. The normalized spacial score (nSPS) is 19.3. The number of halogens is 1. The third-order valence-electron chi connectivity index (χ3n) is 6.27. The molecule has 1 amide bonds. The first-order chi connectivity index (χ1) is 15.4. The monoisotopic (exact) mass is 437 g/mol. The number of hydrogen-bond acceptors (Lipinski definition) is 7. The van der Waals surface area contributed by atoms with Crippen molar-refractivity contribution in [1.29, 1.82) is 0 Å².